The van der Waals surface area contributed by atoms with Gasteiger partial charge in [0.25, 0.3) is 12.9 Å². The van der Waals surface area contributed by atoms with Gasteiger partial charge in [0.15, 0.2) is 0 Å². The van der Waals surface area contributed by atoms with E-state index in [9.17, 15) is 44.7 Å². The van der Waals surface area contributed by atoms with Crippen molar-refractivity contribution < 1.29 is 54.6 Å². The van der Waals surface area contributed by atoms with E-state index < -0.39 is 64.1 Å². The molecule has 6 aromatic rings. The highest BCUT2D eigenvalue weighted by Gasteiger charge is 2.29. The highest BCUT2D eigenvalue weighted by Crippen LogP contribution is 2.43. The van der Waals surface area contributed by atoms with Gasteiger partial charge in [-0.3, -0.25) is 9.97 Å². The molecule has 0 amide bonds. The summed E-state index contributed by atoms with van der Waals surface area (Å²) in [5.74, 6) is -5.66. The van der Waals surface area contributed by atoms with Gasteiger partial charge in [0.2, 0.25) is 0 Å². The molecule has 0 atom stereocenters. The highest BCUT2D eigenvalue weighted by atomic mass is 32.1. The minimum Gasteiger partial charge on any atom is -0.477 e. The number of alkyl halides is 4. The molecule has 6 nitrogen and oxygen atoms in total. The van der Waals surface area contributed by atoms with Crippen molar-refractivity contribution in [1.29, 1.82) is 0 Å². The molecule has 4 heterocycles. The maximum atomic E-state index is 13.5. The van der Waals surface area contributed by atoms with Crippen molar-refractivity contribution in [3.8, 4) is 22.3 Å². The Morgan fingerprint density at radius 2 is 1.06 bits per heavy atom. The van der Waals surface area contributed by atoms with E-state index >= 15 is 0 Å². The first-order chi connectivity index (χ1) is 22.3. The molecule has 0 bridgehead atoms. The maximum Gasteiger partial charge on any atom is 0.348 e. The number of hydrogen-bond acceptors (Lipinski definition) is 7. The highest BCUT2D eigenvalue weighted by molar-refractivity contribution is 7.22. The third-order valence-corrected chi connectivity index (χ3v) is 8.99. The molecule has 0 aliphatic rings. The summed E-state index contributed by atoms with van der Waals surface area (Å²) < 4.78 is 112. The molecule has 0 saturated carbocycles. The molecular weight excluding hydrogens is 680 g/mol. The van der Waals surface area contributed by atoms with E-state index in [0.717, 1.165) is 42.7 Å². The Kier molecular flexibility index (Phi) is 9.53. The predicted octanol–water partition coefficient (Wildman–Crippen LogP) is 9.84. The fourth-order valence-electron chi connectivity index (χ4n) is 4.70. The van der Waals surface area contributed by atoms with Crippen molar-refractivity contribution in [2.75, 3.05) is 7.11 Å². The van der Waals surface area contributed by atoms with Gasteiger partial charge in [-0.1, -0.05) is 0 Å². The molecule has 0 spiro atoms. The maximum absolute atomic E-state index is 13.5. The van der Waals surface area contributed by atoms with Crippen LogP contribution in [0.15, 0.2) is 60.9 Å². The van der Waals surface area contributed by atoms with Crippen LogP contribution in [0.25, 0.3) is 42.7 Å². The number of halogens is 8. The Morgan fingerprint density at radius 1 is 0.681 bits per heavy atom. The Balaban J connectivity index is 0.000000185. The molecule has 0 aliphatic heterocycles. The van der Waals surface area contributed by atoms with Crippen molar-refractivity contribution in [1.82, 2.24) is 9.97 Å². The normalized spacial score (nSPS) is 11.3. The average molecular weight is 697 g/mol. The number of methoxy groups -OCH3 is 1. The number of ether oxygens (including phenoxy) is 1. The largest absolute Gasteiger partial charge is 0.477 e. The Morgan fingerprint density at radius 3 is 1.43 bits per heavy atom. The number of esters is 1. The molecule has 0 fully saturated rings. The number of fused-ring (bicyclic) bond motifs is 2. The molecule has 47 heavy (non-hydrogen) atoms. The van der Waals surface area contributed by atoms with E-state index in [4.69, 9.17) is 5.11 Å². The number of carboxylic acids is 1. The summed E-state index contributed by atoms with van der Waals surface area (Å²) in [5, 5.41) is 9.09. The van der Waals surface area contributed by atoms with Crippen molar-refractivity contribution >= 4 is 55.0 Å². The van der Waals surface area contributed by atoms with E-state index in [1.165, 1.54) is 24.5 Å². The smallest absolute Gasteiger partial charge is 0.348 e. The van der Waals surface area contributed by atoms with Gasteiger partial charge in [-0.15, -0.1) is 22.7 Å². The van der Waals surface area contributed by atoms with Gasteiger partial charge in [-0.05, 0) is 47.5 Å². The zero-order valence-electron chi connectivity index (χ0n) is 23.3. The third-order valence-electron chi connectivity index (χ3n) is 6.57. The zero-order valence-corrected chi connectivity index (χ0v) is 25.0. The summed E-state index contributed by atoms with van der Waals surface area (Å²) in [6, 6.07) is 8.48. The monoisotopic (exact) mass is 696 g/mol. The molecule has 0 unspecified atom stereocenters. The van der Waals surface area contributed by atoms with Gasteiger partial charge < -0.3 is 9.84 Å². The van der Waals surface area contributed by atoms with Gasteiger partial charge in [0, 0.05) is 35.7 Å². The van der Waals surface area contributed by atoms with Gasteiger partial charge >= 0.3 is 11.9 Å². The first kappa shape index (κ1) is 33.4. The number of rotatable bonds is 6. The van der Waals surface area contributed by atoms with Crippen LogP contribution in [0.5, 0.6) is 0 Å². The van der Waals surface area contributed by atoms with Crippen LogP contribution in [-0.2, 0) is 4.74 Å². The number of nitrogens with zero attached hydrogens (tertiary/aromatic N) is 2. The molecule has 0 saturated heterocycles. The van der Waals surface area contributed by atoms with E-state index in [1.807, 2.05) is 0 Å². The van der Waals surface area contributed by atoms with Crippen LogP contribution in [0.1, 0.15) is 43.3 Å². The molecule has 2 aromatic carbocycles. The fraction of sp³-hybridized carbons (Fsp3) is 0.0968. The standard InChI is InChI=1S/C16H9F4NO2S.C15H7F4NO2S/c1-23-16(22)14-11(15(19)20)12-13(24-14)10(2-3-21-12)7-4-8(17)6-9(18)5-7;16-7-3-6(4-8(17)5-7)9-1-2-20-11-10(14(18)19)13(15(21)22)23-12(9)11/h2-6,15H,1H3;1-5,14H,(H,21,22). The van der Waals surface area contributed by atoms with Crippen LogP contribution in [0.4, 0.5) is 35.1 Å². The SMILES string of the molecule is COC(=O)c1sc2c(-c3cc(F)cc(F)c3)ccnc2c1C(F)F.O=C(O)c1sc2c(-c3cc(F)cc(F)c3)ccnc2c1C(F)F. The Hall–Kier alpha value is -4.96. The second-order valence-corrected chi connectivity index (χ2v) is 11.5. The summed E-state index contributed by atoms with van der Waals surface area (Å²) in [5.41, 5.74) is -0.653. The van der Waals surface area contributed by atoms with Gasteiger partial charge in [-0.2, -0.15) is 0 Å². The quantitative estimate of drug-likeness (QED) is 0.138. The molecule has 16 heteroatoms. The number of thiophene rings is 2. The summed E-state index contributed by atoms with van der Waals surface area (Å²) in [6.45, 7) is 0. The summed E-state index contributed by atoms with van der Waals surface area (Å²) >= 11 is 1.36. The van der Waals surface area contributed by atoms with Gasteiger partial charge in [0.05, 0.1) is 38.7 Å². The predicted molar refractivity (Wildman–Crippen MR) is 158 cm³/mol. The second-order valence-electron chi connectivity index (χ2n) is 9.48. The van der Waals surface area contributed by atoms with Crippen LogP contribution in [-0.4, -0.2) is 34.1 Å². The first-order valence-corrected chi connectivity index (χ1v) is 14.6. The molecule has 6 rings (SSSR count). The zero-order chi connectivity index (χ0) is 34.2. The number of aromatic nitrogens is 2. The molecule has 4 aromatic heterocycles. The number of hydrogen-bond donors (Lipinski definition) is 1. The minimum absolute atomic E-state index is 0.0856. The fourth-order valence-corrected chi connectivity index (χ4v) is 7.06. The van der Waals surface area contributed by atoms with Crippen molar-refractivity contribution in [2.24, 2.45) is 0 Å². The summed E-state index contributed by atoms with van der Waals surface area (Å²) in [4.78, 5) is 29.9. The van der Waals surface area contributed by atoms with Gasteiger partial charge in [0.1, 0.15) is 33.0 Å². The second kappa shape index (κ2) is 13.4. The Bertz CT molecular complexity index is 2130. The number of benzene rings is 2. The summed E-state index contributed by atoms with van der Waals surface area (Å²) in [6.07, 6.45) is -3.52. The van der Waals surface area contributed by atoms with Gasteiger partial charge in [-0.25, -0.2) is 44.7 Å². The molecule has 242 valence electrons. The van der Waals surface area contributed by atoms with Crippen LogP contribution in [0.3, 0.4) is 0 Å². The van der Waals surface area contributed by atoms with Crippen LogP contribution in [0.2, 0.25) is 0 Å². The van der Waals surface area contributed by atoms with Crippen LogP contribution in [0, 0.1) is 23.3 Å². The van der Waals surface area contributed by atoms with E-state index in [-0.39, 0.29) is 42.0 Å². The lowest BCUT2D eigenvalue weighted by Gasteiger charge is -2.04. The number of carbonyl (C=O) groups excluding carboxylic acids is 1. The lowest BCUT2D eigenvalue weighted by molar-refractivity contribution is 0.0595. The minimum atomic E-state index is -3.03. The number of carbonyl (C=O) groups is 2. The van der Waals surface area contributed by atoms with Crippen LogP contribution >= 0.6 is 22.7 Å². The van der Waals surface area contributed by atoms with Crippen LogP contribution < -0.4 is 0 Å². The molecule has 1 N–H and O–H groups in total. The first-order valence-electron chi connectivity index (χ1n) is 12.9. The summed E-state index contributed by atoms with van der Waals surface area (Å²) in [7, 11) is 1.08. The van der Waals surface area contributed by atoms with Crippen molar-refractivity contribution in [3.63, 3.8) is 0 Å². The van der Waals surface area contributed by atoms with E-state index in [2.05, 4.69) is 14.7 Å². The molecule has 0 radical (unpaired) electrons. The number of pyridine rings is 2. The molecule has 0 aliphatic carbocycles. The molecular formula is C31H16F8N2O4S2. The van der Waals surface area contributed by atoms with Crippen molar-refractivity contribution in [2.45, 2.75) is 12.9 Å². The lowest BCUT2D eigenvalue weighted by Crippen LogP contribution is -2.02. The topological polar surface area (TPSA) is 89.4 Å². The van der Waals surface area contributed by atoms with E-state index in [1.54, 1.807) is 0 Å². The van der Waals surface area contributed by atoms with Crippen molar-refractivity contribution in [3.05, 3.63) is 105 Å². The third kappa shape index (κ3) is 6.64. The average Bonchev–Trinajstić information content (AvgIpc) is 3.60. The lowest BCUT2D eigenvalue weighted by atomic mass is 10.0. The number of carboxylic acid groups (broad SMARTS) is 1. The Labute approximate surface area is 266 Å². The van der Waals surface area contributed by atoms with E-state index in [0.29, 0.717) is 29.0 Å². The number of aromatic carboxylic acids is 1.